The predicted molar refractivity (Wildman–Crippen MR) is 108 cm³/mol. The van der Waals surface area contributed by atoms with E-state index in [0.717, 1.165) is 0 Å². The molecule has 1 amide bonds. The van der Waals surface area contributed by atoms with E-state index in [0.29, 0.717) is 11.3 Å². The van der Waals surface area contributed by atoms with Crippen LogP contribution in [0.15, 0.2) is 58.3 Å². The second kappa shape index (κ2) is 9.94. The van der Waals surface area contributed by atoms with Crippen LogP contribution in [0.5, 0.6) is 0 Å². The quantitative estimate of drug-likeness (QED) is 0.473. The van der Waals surface area contributed by atoms with E-state index >= 15 is 0 Å². The summed E-state index contributed by atoms with van der Waals surface area (Å²) < 4.78 is 58.7. The molecule has 0 aliphatic carbocycles. The molecule has 2 aromatic carbocycles. The van der Waals surface area contributed by atoms with Crippen LogP contribution in [0.4, 0.5) is 5.69 Å². The standard InChI is InChI=1S/C18H23N3O6S2/c1-14(22)21-16-5-9-18(10-6-16)29(25,26)20-13-15-3-7-17(8-4-15)28(23,24)19-11-12-27-2/h3-10,19-20H,11-13H2,1-2H3,(H,21,22). The molecule has 0 radical (unpaired) electrons. The third-order valence-electron chi connectivity index (χ3n) is 3.78. The van der Waals surface area contributed by atoms with Gasteiger partial charge in [0.2, 0.25) is 26.0 Å². The van der Waals surface area contributed by atoms with E-state index in [9.17, 15) is 21.6 Å². The average molecular weight is 442 g/mol. The van der Waals surface area contributed by atoms with Crippen molar-refractivity contribution in [3.8, 4) is 0 Å². The topological polar surface area (TPSA) is 131 Å². The molecule has 0 heterocycles. The summed E-state index contributed by atoms with van der Waals surface area (Å²) in [6.45, 7) is 1.76. The molecule has 0 saturated heterocycles. The molecule has 0 aliphatic heterocycles. The number of hydrogen-bond acceptors (Lipinski definition) is 6. The number of nitrogens with one attached hydrogen (secondary N) is 3. The number of anilines is 1. The van der Waals surface area contributed by atoms with Crippen molar-refractivity contribution in [2.75, 3.05) is 25.6 Å². The number of amides is 1. The van der Waals surface area contributed by atoms with Crippen LogP contribution in [-0.2, 0) is 36.1 Å². The zero-order valence-corrected chi connectivity index (χ0v) is 17.6. The van der Waals surface area contributed by atoms with E-state index in [1.165, 1.54) is 62.6 Å². The molecule has 9 nitrogen and oxygen atoms in total. The van der Waals surface area contributed by atoms with Crippen LogP contribution in [0.2, 0.25) is 0 Å². The lowest BCUT2D eigenvalue weighted by atomic mass is 10.2. The molecular weight excluding hydrogens is 418 g/mol. The van der Waals surface area contributed by atoms with Crippen LogP contribution < -0.4 is 14.8 Å². The largest absolute Gasteiger partial charge is 0.383 e. The maximum atomic E-state index is 12.4. The van der Waals surface area contributed by atoms with Gasteiger partial charge in [0.05, 0.1) is 16.4 Å². The van der Waals surface area contributed by atoms with Crippen LogP contribution in [0.1, 0.15) is 12.5 Å². The smallest absolute Gasteiger partial charge is 0.240 e. The van der Waals surface area contributed by atoms with Crippen molar-refractivity contribution in [3.63, 3.8) is 0 Å². The van der Waals surface area contributed by atoms with Gasteiger partial charge in [0.15, 0.2) is 0 Å². The molecule has 11 heteroatoms. The van der Waals surface area contributed by atoms with Crippen molar-refractivity contribution in [1.29, 1.82) is 0 Å². The van der Waals surface area contributed by atoms with Gasteiger partial charge in [-0.1, -0.05) is 12.1 Å². The highest BCUT2D eigenvalue weighted by Crippen LogP contribution is 2.15. The first-order valence-corrected chi connectivity index (χ1v) is 11.6. The summed E-state index contributed by atoms with van der Waals surface area (Å²) in [6, 6.07) is 11.6. The molecule has 0 bridgehead atoms. The Bertz CT molecular complexity index is 1030. The van der Waals surface area contributed by atoms with Crippen LogP contribution in [0.25, 0.3) is 0 Å². The zero-order valence-electron chi connectivity index (χ0n) is 16.0. The molecule has 0 fully saturated rings. The van der Waals surface area contributed by atoms with Gasteiger partial charge in [-0.05, 0) is 42.0 Å². The van der Waals surface area contributed by atoms with Gasteiger partial charge in [-0.25, -0.2) is 26.3 Å². The zero-order chi connectivity index (χ0) is 21.5. The number of carbonyl (C=O) groups excluding carboxylic acids is 1. The lowest BCUT2D eigenvalue weighted by molar-refractivity contribution is -0.114. The maximum Gasteiger partial charge on any atom is 0.240 e. The second-order valence-corrected chi connectivity index (χ2v) is 9.60. The molecule has 29 heavy (non-hydrogen) atoms. The van der Waals surface area contributed by atoms with Gasteiger partial charge >= 0.3 is 0 Å². The summed E-state index contributed by atoms with van der Waals surface area (Å²) in [5.74, 6) is -0.252. The number of rotatable bonds is 10. The first-order valence-electron chi connectivity index (χ1n) is 8.59. The van der Waals surface area contributed by atoms with E-state index in [-0.39, 0.29) is 35.4 Å². The van der Waals surface area contributed by atoms with Crippen molar-refractivity contribution >= 4 is 31.6 Å². The van der Waals surface area contributed by atoms with E-state index in [1.54, 1.807) is 0 Å². The van der Waals surface area contributed by atoms with Crippen molar-refractivity contribution in [1.82, 2.24) is 9.44 Å². The Balaban J connectivity index is 2.00. The Morgan fingerprint density at radius 2 is 1.38 bits per heavy atom. The fourth-order valence-electron chi connectivity index (χ4n) is 2.33. The monoisotopic (exact) mass is 441 g/mol. The minimum atomic E-state index is -3.76. The molecular formula is C18H23N3O6S2. The van der Waals surface area contributed by atoms with E-state index in [4.69, 9.17) is 4.74 Å². The fourth-order valence-corrected chi connectivity index (χ4v) is 4.36. The molecule has 2 aromatic rings. The number of benzene rings is 2. The summed E-state index contributed by atoms with van der Waals surface area (Å²) >= 11 is 0. The second-order valence-electron chi connectivity index (χ2n) is 6.06. The molecule has 0 atom stereocenters. The Labute approximate surface area is 170 Å². The molecule has 2 rings (SSSR count). The molecule has 0 aromatic heterocycles. The molecule has 3 N–H and O–H groups in total. The third kappa shape index (κ3) is 6.91. The van der Waals surface area contributed by atoms with Gasteiger partial charge in [0.1, 0.15) is 0 Å². The van der Waals surface area contributed by atoms with E-state index in [1.807, 2.05) is 0 Å². The van der Waals surface area contributed by atoms with E-state index < -0.39 is 20.0 Å². The number of hydrogen-bond donors (Lipinski definition) is 3. The highest BCUT2D eigenvalue weighted by Gasteiger charge is 2.15. The molecule has 158 valence electrons. The van der Waals surface area contributed by atoms with Gasteiger partial charge in [-0.2, -0.15) is 0 Å². The molecule has 0 unspecified atom stereocenters. The van der Waals surface area contributed by atoms with Crippen LogP contribution >= 0.6 is 0 Å². The van der Waals surface area contributed by atoms with Gasteiger partial charge in [-0.3, -0.25) is 4.79 Å². The summed E-state index contributed by atoms with van der Waals surface area (Å²) in [5, 5.41) is 2.56. The Hall–Kier alpha value is -2.31. The average Bonchev–Trinajstić information content (AvgIpc) is 2.67. The van der Waals surface area contributed by atoms with Gasteiger partial charge in [0, 0.05) is 32.8 Å². The van der Waals surface area contributed by atoms with Gasteiger partial charge in [-0.15, -0.1) is 0 Å². The molecule has 0 spiro atoms. The minimum absolute atomic E-state index is 0.00673. The SMILES string of the molecule is COCCNS(=O)(=O)c1ccc(CNS(=O)(=O)c2ccc(NC(C)=O)cc2)cc1. The van der Waals surface area contributed by atoms with E-state index in [2.05, 4.69) is 14.8 Å². The summed E-state index contributed by atoms with van der Waals surface area (Å²) in [5.41, 5.74) is 1.09. The lowest BCUT2D eigenvalue weighted by Gasteiger charge is -2.09. The number of sulfonamides is 2. The van der Waals surface area contributed by atoms with Crippen LogP contribution in [0, 0.1) is 0 Å². The van der Waals surface area contributed by atoms with Gasteiger partial charge in [0.25, 0.3) is 0 Å². The van der Waals surface area contributed by atoms with Crippen molar-refractivity contribution in [3.05, 3.63) is 54.1 Å². The van der Waals surface area contributed by atoms with Crippen LogP contribution in [-0.4, -0.2) is 43.0 Å². The molecule has 0 aliphatic rings. The van der Waals surface area contributed by atoms with Crippen molar-refractivity contribution in [2.24, 2.45) is 0 Å². The van der Waals surface area contributed by atoms with Crippen molar-refractivity contribution < 1.29 is 26.4 Å². The third-order valence-corrected chi connectivity index (χ3v) is 6.68. The summed E-state index contributed by atoms with van der Waals surface area (Å²) in [4.78, 5) is 11.1. The minimum Gasteiger partial charge on any atom is -0.383 e. The fraction of sp³-hybridized carbons (Fsp3) is 0.278. The first-order chi connectivity index (χ1) is 13.6. The Morgan fingerprint density at radius 1 is 0.862 bits per heavy atom. The summed E-state index contributed by atoms with van der Waals surface area (Å²) in [6.07, 6.45) is 0. The Morgan fingerprint density at radius 3 is 1.90 bits per heavy atom. The maximum absolute atomic E-state index is 12.4. The normalized spacial score (nSPS) is 11.9. The lowest BCUT2D eigenvalue weighted by Crippen LogP contribution is -2.27. The number of methoxy groups -OCH3 is 1. The number of carbonyl (C=O) groups is 1. The molecule has 0 saturated carbocycles. The predicted octanol–water partition coefficient (Wildman–Crippen LogP) is 1.05. The Kier molecular flexibility index (Phi) is 7.88. The van der Waals surface area contributed by atoms with Crippen molar-refractivity contribution in [2.45, 2.75) is 23.3 Å². The highest BCUT2D eigenvalue weighted by molar-refractivity contribution is 7.89. The van der Waals surface area contributed by atoms with Crippen LogP contribution in [0.3, 0.4) is 0 Å². The summed E-state index contributed by atoms with van der Waals surface area (Å²) in [7, 11) is -5.94. The first kappa shape index (κ1) is 23.0. The number of ether oxygens (including phenoxy) is 1. The highest BCUT2D eigenvalue weighted by atomic mass is 32.2. The van der Waals surface area contributed by atoms with Gasteiger partial charge < -0.3 is 10.1 Å².